The van der Waals surface area contributed by atoms with E-state index < -0.39 is 0 Å². The number of amides is 1. The Morgan fingerprint density at radius 1 is 1.44 bits per heavy atom. The van der Waals surface area contributed by atoms with Gasteiger partial charge < -0.3 is 10.1 Å². The largest absolute Gasteiger partial charge is 0.466 e. The second kappa shape index (κ2) is 7.10. The van der Waals surface area contributed by atoms with Gasteiger partial charge in [-0.2, -0.15) is 0 Å². The van der Waals surface area contributed by atoms with Crippen LogP contribution in [-0.4, -0.2) is 23.5 Å². The average Bonchev–Trinajstić information content (AvgIpc) is 2.31. The standard InChI is InChI=1S/C12H15BrN2O3/c1-3-18-11(17)5-4-10(16)15-12-8(2)6-9(13)7-14-12/h6-7H,3-5H2,1-2H3,(H,14,15,16). The Labute approximate surface area is 114 Å². The van der Waals surface area contributed by atoms with Crippen LogP contribution >= 0.6 is 15.9 Å². The second-order valence-corrected chi connectivity index (χ2v) is 4.59. The van der Waals surface area contributed by atoms with Gasteiger partial charge in [0.05, 0.1) is 13.0 Å². The van der Waals surface area contributed by atoms with Crippen molar-refractivity contribution in [2.45, 2.75) is 26.7 Å². The molecule has 0 aliphatic rings. The number of nitrogens with zero attached hydrogens (tertiary/aromatic N) is 1. The van der Waals surface area contributed by atoms with Crippen LogP contribution in [0.2, 0.25) is 0 Å². The summed E-state index contributed by atoms with van der Waals surface area (Å²) in [6.07, 6.45) is 1.78. The molecular weight excluding hydrogens is 300 g/mol. The van der Waals surface area contributed by atoms with Crippen molar-refractivity contribution in [1.82, 2.24) is 4.98 Å². The van der Waals surface area contributed by atoms with Crippen molar-refractivity contribution in [1.29, 1.82) is 0 Å². The number of nitrogens with one attached hydrogen (secondary N) is 1. The van der Waals surface area contributed by atoms with E-state index in [2.05, 4.69) is 26.2 Å². The molecule has 0 unspecified atom stereocenters. The van der Waals surface area contributed by atoms with Crippen molar-refractivity contribution in [2.75, 3.05) is 11.9 Å². The third-order valence-electron chi connectivity index (χ3n) is 2.16. The molecule has 0 atom stereocenters. The maximum absolute atomic E-state index is 11.6. The molecular formula is C12H15BrN2O3. The number of ether oxygens (including phenoxy) is 1. The number of halogens is 1. The van der Waals surface area contributed by atoms with E-state index in [4.69, 9.17) is 4.74 Å². The van der Waals surface area contributed by atoms with E-state index >= 15 is 0 Å². The molecule has 0 saturated heterocycles. The zero-order valence-corrected chi connectivity index (χ0v) is 11.9. The fourth-order valence-corrected chi connectivity index (χ4v) is 1.76. The maximum Gasteiger partial charge on any atom is 0.306 e. The van der Waals surface area contributed by atoms with Crippen molar-refractivity contribution in [2.24, 2.45) is 0 Å². The summed E-state index contributed by atoms with van der Waals surface area (Å²) in [7, 11) is 0. The van der Waals surface area contributed by atoms with Gasteiger partial charge in [-0.25, -0.2) is 4.98 Å². The van der Waals surface area contributed by atoms with E-state index in [1.165, 1.54) is 0 Å². The summed E-state index contributed by atoms with van der Waals surface area (Å²) < 4.78 is 5.59. The molecule has 5 nitrogen and oxygen atoms in total. The Morgan fingerprint density at radius 3 is 2.78 bits per heavy atom. The van der Waals surface area contributed by atoms with Crippen LogP contribution in [0, 0.1) is 6.92 Å². The SMILES string of the molecule is CCOC(=O)CCC(=O)Nc1ncc(Br)cc1C. The first-order valence-corrected chi connectivity index (χ1v) is 6.40. The van der Waals surface area contributed by atoms with Gasteiger partial charge in [0, 0.05) is 17.1 Å². The molecule has 18 heavy (non-hydrogen) atoms. The second-order valence-electron chi connectivity index (χ2n) is 3.67. The van der Waals surface area contributed by atoms with Gasteiger partial charge in [-0.05, 0) is 41.4 Å². The number of esters is 1. The molecule has 0 fully saturated rings. The summed E-state index contributed by atoms with van der Waals surface area (Å²) in [5.74, 6) is -0.110. The molecule has 1 rings (SSSR count). The first-order chi connectivity index (χ1) is 8.52. The Balaban J connectivity index is 2.47. The molecule has 1 aromatic rings. The van der Waals surface area contributed by atoms with Gasteiger partial charge in [-0.3, -0.25) is 9.59 Å². The van der Waals surface area contributed by atoms with Crippen LogP contribution in [0.3, 0.4) is 0 Å². The van der Waals surface area contributed by atoms with E-state index in [1.54, 1.807) is 13.1 Å². The summed E-state index contributed by atoms with van der Waals surface area (Å²) in [6.45, 7) is 3.90. The molecule has 6 heteroatoms. The predicted octanol–water partition coefficient (Wildman–Crippen LogP) is 2.43. The quantitative estimate of drug-likeness (QED) is 0.847. The lowest BCUT2D eigenvalue weighted by atomic mass is 10.2. The number of aromatic nitrogens is 1. The number of hydrogen-bond acceptors (Lipinski definition) is 4. The minimum atomic E-state index is -0.367. The Morgan fingerprint density at radius 2 is 2.17 bits per heavy atom. The van der Waals surface area contributed by atoms with Crippen LogP contribution in [0.5, 0.6) is 0 Å². The molecule has 0 saturated carbocycles. The zero-order chi connectivity index (χ0) is 13.5. The summed E-state index contributed by atoms with van der Waals surface area (Å²) in [5.41, 5.74) is 0.855. The predicted molar refractivity (Wildman–Crippen MR) is 71.2 cm³/mol. The highest BCUT2D eigenvalue weighted by atomic mass is 79.9. The highest BCUT2D eigenvalue weighted by Gasteiger charge is 2.09. The van der Waals surface area contributed by atoms with Crippen molar-refractivity contribution >= 4 is 33.6 Å². The molecule has 0 spiro atoms. The van der Waals surface area contributed by atoms with E-state index in [9.17, 15) is 9.59 Å². The Kier molecular flexibility index (Phi) is 5.77. The summed E-state index contributed by atoms with van der Waals surface area (Å²) >= 11 is 3.29. The van der Waals surface area contributed by atoms with Gasteiger partial charge in [-0.15, -0.1) is 0 Å². The van der Waals surface area contributed by atoms with E-state index in [1.807, 2.05) is 13.0 Å². The van der Waals surface area contributed by atoms with Gasteiger partial charge in [0.1, 0.15) is 5.82 Å². The first-order valence-electron chi connectivity index (χ1n) is 5.60. The number of rotatable bonds is 5. The molecule has 1 aromatic heterocycles. The lowest BCUT2D eigenvalue weighted by molar-refractivity contribution is -0.144. The van der Waals surface area contributed by atoms with Gasteiger partial charge in [0.25, 0.3) is 0 Å². The number of hydrogen-bond donors (Lipinski definition) is 1. The molecule has 98 valence electrons. The van der Waals surface area contributed by atoms with E-state index in [-0.39, 0.29) is 24.7 Å². The van der Waals surface area contributed by atoms with E-state index in [0.29, 0.717) is 12.4 Å². The molecule has 0 aliphatic carbocycles. The van der Waals surface area contributed by atoms with Crippen molar-refractivity contribution in [3.05, 3.63) is 22.3 Å². The number of aryl methyl sites for hydroxylation is 1. The number of carbonyl (C=O) groups excluding carboxylic acids is 2. The number of carbonyl (C=O) groups is 2. The minimum Gasteiger partial charge on any atom is -0.466 e. The van der Waals surface area contributed by atoms with Gasteiger partial charge in [0.2, 0.25) is 5.91 Å². The third-order valence-corrected chi connectivity index (χ3v) is 2.60. The van der Waals surface area contributed by atoms with Gasteiger partial charge >= 0.3 is 5.97 Å². The topological polar surface area (TPSA) is 68.3 Å². The smallest absolute Gasteiger partial charge is 0.306 e. The van der Waals surface area contributed by atoms with Crippen LogP contribution in [0.1, 0.15) is 25.3 Å². The number of pyridine rings is 1. The summed E-state index contributed by atoms with van der Waals surface area (Å²) in [6, 6.07) is 1.86. The molecule has 1 heterocycles. The fraction of sp³-hybridized carbons (Fsp3) is 0.417. The lowest BCUT2D eigenvalue weighted by Gasteiger charge is -2.07. The molecule has 0 aromatic carbocycles. The monoisotopic (exact) mass is 314 g/mol. The Bertz CT molecular complexity index is 449. The zero-order valence-electron chi connectivity index (χ0n) is 10.3. The van der Waals surface area contributed by atoms with Crippen LogP contribution in [0.4, 0.5) is 5.82 Å². The van der Waals surface area contributed by atoms with E-state index in [0.717, 1.165) is 10.0 Å². The van der Waals surface area contributed by atoms with Gasteiger partial charge in [0.15, 0.2) is 0 Å². The normalized spacial score (nSPS) is 9.94. The van der Waals surface area contributed by atoms with Crippen molar-refractivity contribution < 1.29 is 14.3 Å². The first kappa shape index (κ1) is 14.6. The van der Waals surface area contributed by atoms with Crippen LogP contribution < -0.4 is 5.32 Å². The van der Waals surface area contributed by atoms with Crippen molar-refractivity contribution in [3.63, 3.8) is 0 Å². The number of anilines is 1. The third kappa shape index (κ3) is 4.83. The van der Waals surface area contributed by atoms with Gasteiger partial charge in [-0.1, -0.05) is 0 Å². The lowest BCUT2D eigenvalue weighted by Crippen LogP contribution is -2.16. The average molecular weight is 315 g/mol. The molecule has 0 aliphatic heterocycles. The molecule has 1 N–H and O–H groups in total. The van der Waals surface area contributed by atoms with Crippen molar-refractivity contribution in [3.8, 4) is 0 Å². The molecule has 1 amide bonds. The minimum absolute atomic E-state index is 0.0786. The highest BCUT2D eigenvalue weighted by molar-refractivity contribution is 9.10. The fourth-order valence-electron chi connectivity index (χ4n) is 1.31. The summed E-state index contributed by atoms with van der Waals surface area (Å²) in [4.78, 5) is 26.8. The van der Waals surface area contributed by atoms with Crippen LogP contribution in [0.25, 0.3) is 0 Å². The van der Waals surface area contributed by atoms with Crippen LogP contribution in [0.15, 0.2) is 16.7 Å². The maximum atomic E-state index is 11.6. The highest BCUT2D eigenvalue weighted by Crippen LogP contribution is 2.16. The van der Waals surface area contributed by atoms with Crippen LogP contribution in [-0.2, 0) is 14.3 Å². The molecule has 0 radical (unpaired) electrons. The molecule has 0 bridgehead atoms. The summed E-state index contributed by atoms with van der Waals surface area (Å²) in [5, 5.41) is 2.66. The Hall–Kier alpha value is -1.43.